The number of carbonyl (C=O) groups is 2. The number of hydrogen-bond donors (Lipinski definition) is 0. The highest BCUT2D eigenvalue weighted by Gasteiger charge is 2.30. The summed E-state index contributed by atoms with van der Waals surface area (Å²) in [5.41, 5.74) is 0. The van der Waals surface area contributed by atoms with Crippen molar-refractivity contribution in [2.24, 2.45) is 0 Å². The first-order valence-electron chi connectivity index (χ1n) is 8.53. The molecule has 0 atom stereocenters. The number of rotatable bonds is 8. The van der Waals surface area contributed by atoms with Gasteiger partial charge in [-0.3, -0.25) is 4.79 Å². The van der Waals surface area contributed by atoms with Gasteiger partial charge >= 0.3 is 5.97 Å². The molecule has 0 spiro atoms. The zero-order valence-corrected chi connectivity index (χ0v) is 16.2. The molecule has 150 valence electrons. The Labute approximate surface area is 158 Å². The molecule has 1 aromatic carbocycles. The SMILES string of the molecule is CCOCC(=O)OCC(=O)N1CCN(S(=O)(=O)c2ccc(OC)cc2)CC1. The van der Waals surface area contributed by atoms with Gasteiger partial charge in [-0.15, -0.1) is 0 Å². The van der Waals surface area contributed by atoms with E-state index < -0.39 is 16.0 Å². The minimum Gasteiger partial charge on any atom is -0.497 e. The van der Waals surface area contributed by atoms with E-state index in [4.69, 9.17) is 14.2 Å². The topological polar surface area (TPSA) is 102 Å². The van der Waals surface area contributed by atoms with E-state index in [1.54, 1.807) is 19.1 Å². The van der Waals surface area contributed by atoms with Crippen molar-refractivity contribution < 1.29 is 32.2 Å². The molecule has 9 nitrogen and oxygen atoms in total. The van der Waals surface area contributed by atoms with E-state index in [0.717, 1.165) is 0 Å². The van der Waals surface area contributed by atoms with E-state index in [-0.39, 0.29) is 50.2 Å². The summed E-state index contributed by atoms with van der Waals surface area (Å²) in [6.45, 7) is 2.37. The molecule has 0 unspecified atom stereocenters. The molecule has 0 aromatic heterocycles. The van der Waals surface area contributed by atoms with Gasteiger partial charge in [0.1, 0.15) is 12.4 Å². The predicted molar refractivity (Wildman–Crippen MR) is 95.8 cm³/mol. The number of nitrogens with zero attached hydrogens (tertiary/aromatic N) is 2. The number of methoxy groups -OCH3 is 1. The molecule has 2 rings (SSSR count). The van der Waals surface area contributed by atoms with E-state index in [0.29, 0.717) is 12.4 Å². The van der Waals surface area contributed by atoms with Gasteiger partial charge in [-0.25, -0.2) is 13.2 Å². The summed E-state index contributed by atoms with van der Waals surface area (Å²) in [7, 11) is -2.13. The minimum atomic E-state index is -3.63. The second-order valence-electron chi connectivity index (χ2n) is 5.76. The molecule has 0 N–H and O–H groups in total. The number of esters is 1. The number of piperazine rings is 1. The molecule has 1 saturated heterocycles. The van der Waals surface area contributed by atoms with Gasteiger partial charge in [0.15, 0.2) is 6.61 Å². The molecular formula is C17H24N2O7S. The van der Waals surface area contributed by atoms with E-state index >= 15 is 0 Å². The molecule has 1 aromatic rings. The van der Waals surface area contributed by atoms with Gasteiger partial charge in [-0.05, 0) is 31.2 Å². The molecular weight excluding hydrogens is 376 g/mol. The molecule has 0 radical (unpaired) electrons. The van der Waals surface area contributed by atoms with E-state index in [1.807, 2.05) is 0 Å². The van der Waals surface area contributed by atoms with Crippen molar-refractivity contribution in [2.45, 2.75) is 11.8 Å². The number of amides is 1. The Morgan fingerprint density at radius 3 is 2.22 bits per heavy atom. The highest BCUT2D eigenvalue weighted by molar-refractivity contribution is 7.89. The lowest BCUT2D eigenvalue weighted by Gasteiger charge is -2.33. The zero-order valence-electron chi connectivity index (χ0n) is 15.4. The lowest BCUT2D eigenvalue weighted by atomic mass is 10.3. The van der Waals surface area contributed by atoms with Gasteiger partial charge < -0.3 is 19.1 Å². The summed E-state index contributed by atoms with van der Waals surface area (Å²) in [6, 6.07) is 6.15. The van der Waals surface area contributed by atoms with Crippen LogP contribution in [0.4, 0.5) is 0 Å². The Hall–Kier alpha value is -2.17. The van der Waals surface area contributed by atoms with Gasteiger partial charge in [0, 0.05) is 32.8 Å². The summed E-state index contributed by atoms with van der Waals surface area (Å²) < 4.78 is 41.5. The number of carbonyl (C=O) groups excluding carboxylic acids is 2. The third-order valence-corrected chi connectivity index (χ3v) is 5.98. The number of benzene rings is 1. The fourth-order valence-corrected chi connectivity index (χ4v) is 3.96. The Balaban J connectivity index is 1.86. The fraction of sp³-hybridized carbons (Fsp3) is 0.529. The van der Waals surface area contributed by atoms with Crippen LogP contribution in [0.1, 0.15) is 6.92 Å². The van der Waals surface area contributed by atoms with Crippen molar-refractivity contribution in [2.75, 3.05) is 53.1 Å². The summed E-state index contributed by atoms with van der Waals surface area (Å²) in [6.07, 6.45) is 0. The van der Waals surface area contributed by atoms with E-state index in [9.17, 15) is 18.0 Å². The van der Waals surface area contributed by atoms with Crippen molar-refractivity contribution in [3.05, 3.63) is 24.3 Å². The maximum Gasteiger partial charge on any atom is 0.332 e. The molecule has 0 bridgehead atoms. The standard InChI is InChI=1S/C17H24N2O7S/c1-3-25-13-17(21)26-12-16(20)18-8-10-19(11-9-18)27(22,23)15-6-4-14(24-2)5-7-15/h4-7H,3,8-13H2,1-2H3. The van der Waals surface area contributed by atoms with Gasteiger partial charge in [0.05, 0.1) is 12.0 Å². The first-order valence-corrected chi connectivity index (χ1v) is 9.97. The molecule has 1 amide bonds. The van der Waals surface area contributed by atoms with Gasteiger partial charge in [-0.2, -0.15) is 4.31 Å². The van der Waals surface area contributed by atoms with Crippen molar-refractivity contribution in [3.8, 4) is 5.75 Å². The molecule has 27 heavy (non-hydrogen) atoms. The Morgan fingerprint density at radius 2 is 1.67 bits per heavy atom. The van der Waals surface area contributed by atoms with Crippen molar-refractivity contribution in [3.63, 3.8) is 0 Å². The Morgan fingerprint density at radius 1 is 1.04 bits per heavy atom. The van der Waals surface area contributed by atoms with Crippen molar-refractivity contribution >= 4 is 21.9 Å². The lowest BCUT2D eigenvalue weighted by molar-refractivity contribution is -0.156. The number of ether oxygens (including phenoxy) is 3. The number of sulfonamides is 1. The fourth-order valence-electron chi connectivity index (χ4n) is 2.54. The molecule has 1 fully saturated rings. The molecule has 1 heterocycles. The smallest absolute Gasteiger partial charge is 0.332 e. The molecule has 0 saturated carbocycles. The Kier molecular flexibility index (Phi) is 7.57. The second-order valence-corrected chi connectivity index (χ2v) is 7.70. The van der Waals surface area contributed by atoms with Gasteiger partial charge in [0.2, 0.25) is 10.0 Å². The minimum absolute atomic E-state index is 0.174. The van der Waals surface area contributed by atoms with Crippen LogP contribution >= 0.6 is 0 Å². The van der Waals surface area contributed by atoms with Crippen LogP contribution in [0.3, 0.4) is 0 Å². The lowest BCUT2D eigenvalue weighted by Crippen LogP contribution is -2.51. The van der Waals surface area contributed by atoms with Crippen LogP contribution in [0.15, 0.2) is 29.2 Å². The number of hydrogen-bond acceptors (Lipinski definition) is 7. The highest BCUT2D eigenvalue weighted by Crippen LogP contribution is 2.20. The van der Waals surface area contributed by atoms with Crippen LogP contribution in [-0.2, 0) is 29.1 Å². The third-order valence-electron chi connectivity index (χ3n) is 4.07. The van der Waals surface area contributed by atoms with Crippen molar-refractivity contribution in [1.29, 1.82) is 0 Å². The van der Waals surface area contributed by atoms with Gasteiger partial charge in [0.25, 0.3) is 5.91 Å². The largest absolute Gasteiger partial charge is 0.497 e. The van der Waals surface area contributed by atoms with Crippen molar-refractivity contribution in [1.82, 2.24) is 9.21 Å². The normalized spacial score (nSPS) is 15.4. The zero-order chi connectivity index (χ0) is 19.9. The summed E-state index contributed by atoms with van der Waals surface area (Å²) >= 11 is 0. The Bertz CT molecular complexity index is 741. The quantitative estimate of drug-likeness (QED) is 0.571. The van der Waals surface area contributed by atoms with Gasteiger partial charge in [-0.1, -0.05) is 0 Å². The van der Waals surface area contributed by atoms with Crippen LogP contribution < -0.4 is 4.74 Å². The van der Waals surface area contributed by atoms with Crippen LogP contribution in [-0.4, -0.2) is 82.6 Å². The van der Waals surface area contributed by atoms with Crippen LogP contribution in [0.25, 0.3) is 0 Å². The van der Waals surface area contributed by atoms with Crippen LogP contribution in [0, 0.1) is 0 Å². The summed E-state index contributed by atoms with van der Waals surface area (Å²) in [5.74, 6) is -0.393. The molecule has 1 aliphatic heterocycles. The summed E-state index contributed by atoms with van der Waals surface area (Å²) in [4.78, 5) is 25.1. The van der Waals surface area contributed by atoms with Crippen LogP contribution in [0.5, 0.6) is 5.75 Å². The average Bonchev–Trinajstić information content (AvgIpc) is 2.70. The predicted octanol–water partition coefficient (Wildman–Crippen LogP) is 0.108. The third kappa shape index (κ3) is 5.65. The first-order chi connectivity index (χ1) is 12.9. The maximum atomic E-state index is 12.7. The first kappa shape index (κ1) is 21.1. The van der Waals surface area contributed by atoms with E-state index in [2.05, 4.69) is 0 Å². The highest BCUT2D eigenvalue weighted by atomic mass is 32.2. The van der Waals surface area contributed by atoms with Crippen LogP contribution in [0.2, 0.25) is 0 Å². The summed E-state index contributed by atoms with van der Waals surface area (Å²) in [5, 5.41) is 0. The molecule has 0 aliphatic carbocycles. The maximum absolute atomic E-state index is 12.7. The monoisotopic (exact) mass is 400 g/mol. The molecule has 1 aliphatic rings. The van der Waals surface area contributed by atoms with E-state index in [1.165, 1.54) is 28.4 Å². The molecule has 10 heteroatoms. The average molecular weight is 400 g/mol. The second kappa shape index (κ2) is 9.67.